The lowest BCUT2D eigenvalue weighted by Gasteiger charge is -2.35. The van der Waals surface area contributed by atoms with Crippen LogP contribution in [0.4, 0.5) is 89.9 Å². The van der Waals surface area contributed by atoms with E-state index in [9.17, 15) is 26.3 Å². The number of nitrogens with zero attached hydrogens (tertiary/aromatic N) is 2. The lowest BCUT2D eigenvalue weighted by atomic mass is 9.96. The number of alkyl halides is 6. The van der Waals surface area contributed by atoms with Crippen LogP contribution in [0.15, 0.2) is 124 Å². The number of hydrogen-bond acceptors (Lipinski definition) is 4. The molecule has 2 aromatic heterocycles. The SMILES string of the molecule is Fc1c(F)c(C(F)(F)F)c(F)c(F)c1N(c1ccc2oc3ccccc3c2c1)c1ccccc1-c1ccccc1N(c1c(F)c(F)c(C(F)(F)F)c(F)c1F)C1C=c2c(oc3ccccc23)=CC1. The maximum absolute atomic E-state index is 16.5. The van der Waals surface area contributed by atoms with Crippen molar-refractivity contribution in [2.75, 3.05) is 9.80 Å². The van der Waals surface area contributed by atoms with Crippen LogP contribution in [-0.2, 0) is 12.4 Å². The third-order valence-corrected chi connectivity index (χ3v) is 11.6. The van der Waals surface area contributed by atoms with Crippen molar-refractivity contribution >= 4 is 73.5 Å². The van der Waals surface area contributed by atoms with E-state index in [1.165, 1.54) is 66.7 Å². The van der Waals surface area contributed by atoms with Gasteiger partial charge in [0.15, 0.2) is 46.5 Å². The van der Waals surface area contributed by atoms with Gasteiger partial charge in [0.05, 0.1) is 11.7 Å². The third-order valence-electron chi connectivity index (χ3n) is 11.6. The van der Waals surface area contributed by atoms with Gasteiger partial charge >= 0.3 is 12.4 Å². The zero-order valence-corrected chi connectivity index (χ0v) is 33.9. The molecule has 0 amide bonds. The molecule has 344 valence electrons. The van der Waals surface area contributed by atoms with Gasteiger partial charge in [-0.05, 0) is 61.0 Å². The van der Waals surface area contributed by atoms with Gasteiger partial charge in [-0.25, -0.2) is 35.1 Å². The van der Waals surface area contributed by atoms with E-state index in [0.29, 0.717) is 37.0 Å². The minimum atomic E-state index is -5.92. The molecular formula is C50H24F14N2O2. The van der Waals surface area contributed by atoms with E-state index in [2.05, 4.69) is 0 Å². The molecule has 68 heavy (non-hydrogen) atoms. The standard InChI is InChI=1S/C50H24F14N2O2/c51-39-37(49(59,60)61)40(52)44(56)47(43(39)55)65(23-17-19-35-29(21-23)27-11-3-7-15-33(27)67-35)31-13-5-1-9-25(31)26-10-2-6-14-32(26)66(48-45(57)41(53)38(50(62,63)64)42(54)46(48)58)24-18-20-36-30(22-24)28-12-4-8-16-34(28)68-36/h1-17,19-22,24H,18H2. The number of anilines is 5. The Morgan fingerprint density at radius 2 is 0.926 bits per heavy atom. The highest BCUT2D eigenvalue weighted by molar-refractivity contribution is 6.07. The van der Waals surface area contributed by atoms with Crippen LogP contribution in [0.25, 0.3) is 56.2 Å². The lowest BCUT2D eigenvalue weighted by molar-refractivity contribution is -0.144. The Hall–Kier alpha value is -7.76. The van der Waals surface area contributed by atoms with Crippen molar-refractivity contribution in [1.82, 2.24) is 0 Å². The maximum Gasteiger partial charge on any atom is 0.422 e. The Kier molecular flexibility index (Phi) is 10.3. The highest BCUT2D eigenvalue weighted by Gasteiger charge is 2.46. The van der Waals surface area contributed by atoms with Gasteiger partial charge in [0.1, 0.15) is 44.7 Å². The first kappa shape index (κ1) is 44.1. The molecule has 7 aromatic carbocycles. The Labute approximate surface area is 372 Å². The number of benzene rings is 7. The summed E-state index contributed by atoms with van der Waals surface area (Å²) in [5.41, 5.74) is -9.61. The first-order valence-corrected chi connectivity index (χ1v) is 20.1. The average molecular weight is 951 g/mol. The Morgan fingerprint density at radius 1 is 0.456 bits per heavy atom. The number of furan rings is 2. The highest BCUT2D eigenvalue weighted by atomic mass is 19.4. The van der Waals surface area contributed by atoms with Crippen molar-refractivity contribution in [3.63, 3.8) is 0 Å². The van der Waals surface area contributed by atoms with Gasteiger partial charge < -0.3 is 18.6 Å². The summed E-state index contributed by atoms with van der Waals surface area (Å²) >= 11 is 0. The summed E-state index contributed by atoms with van der Waals surface area (Å²) in [5, 5.41) is 1.47. The third kappa shape index (κ3) is 6.90. The van der Waals surface area contributed by atoms with Crippen LogP contribution >= 0.6 is 0 Å². The van der Waals surface area contributed by atoms with Crippen LogP contribution in [0.2, 0.25) is 0 Å². The topological polar surface area (TPSA) is 32.8 Å². The minimum Gasteiger partial charge on any atom is -0.456 e. The van der Waals surface area contributed by atoms with Gasteiger partial charge in [0.25, 0.3) is 0 Å². The molecule has 0 saturated carbocycles. The minimum absolute atomic E-state index is 0.198. The molecule has 9 aromatic rings. The molecular weight excluding hydrogens is 927 g/mol. The number of hydrogen-bond donors (Lipinski definition) is 0. The van der Waals surface area contributed by atoms with E-state index in [-0.39, 0.29) is 39.6 Å². The molecule has 0 radical (unpaired) electrons. The van der Waals surface area contributed by atoms with Crippen LogP contribution in [0, 0.1) is 46.5 Å². The van der Waals surface area contributed by atoms with Crippen molar-refractivity contribution in [3.05, 3.63) is 184 Å². The fourth-order valence-corrected chi connectivity index (χ4v) is 8.74. The zero-order valence-electron chi connectivity index (χ0n) is 33.9. The Bertz CT molecular complexity index is 3610. The molecule has 0 spiro atoms. The second-order valence-electron chi connectivity index (χ2n) is 15.5. The van der Waals surface area contributed by atoms with Gasteiger partial charge in [-0.2, -0.15) is 26.3 Å². The van der Waals surface area contributed by atoms with Crippen LogP contribution in [0.3, 0.4) is 0 Å². The highest BCUT2D eigenvalue weighted by Crippen LogP contribution is 2.51. The average Bonchev–Trinajstić information content (AvgIpc) is 3.87. The van der Waals surface area contributed by atoms with E-state index in [1.54, 1.807) is 48.5 Å². The van der Waals surface area contributed by atoms with E-state index < -0.39 is 98.8 Å². The first-order valence-electron chi connectivity index (χ1n) is 20.1. The predicted molar refractivity (Wildman–Crippen MR) is 225 cm³/mol. The molecule has 0 bridgehead atoms. The van der Waals surface area contributed by atoms with Crippen LogP contribution in [-0.4, -0.2) is 6.04 Å². The summed E-state index contributed by atoms with van der Waals surface area (Å²) in [6, 6.07) is 25.3. The van der Waals surface area contributed by atoms with Gasteiger partial charge in [-0.15, -0.1) is 0 Å². The first-order chi connectivity index (χ1) is 32.4. The van der Waals surface area contributed by atoms with Crippen molar-refractivity contribution in [3.8, 4) is 11.1 Å². The fraction of sp³-hybridized carbons (Fsp3) is 0.0800. The summed E-state index contributed by atoms with van der Waals surface area (Å²) < 4.78 is 224. The van der Waals surface area contributed by atoms with E-state index >= 15 is 35.1 Å². The van der Waals surface area contributed by atoms with Gasteiger partial charge in [0.2, 0.25) is 0 Å². The molecule has 0 N–H and O–H groups in total. The Morgan fingerprint density at radius 3 is 1.51 bits per heavy atom. The molecule has 1 aliphatic carbocycles. The molecule has 0 saturated heterocycles. The van der Waals surface area contributed by atoms with Crippen molar-refractivity contribution in [2.24, 2.45) is 0 Å². The monoisotopic (exact) mass is 950 g/mol. The number of halogens is 14. The normalized spacial score (nSPS) is 14.1. The van der Waals surface area contributed by atoms with Crippen LogP contribution in [0.5, 0.6) is 0 Å². The molecule has 10 rings (SSSR count). The quantitative estimate of drug-likeness (QED) is 0.118. The van der Waals surface area contributed by atoms with Gasteiger partial charge in [-0.3, -0.25) is 0 Å². The summed E-state index contributed by atoms with van der Waals surface area (Å²) in [5.74, 6) is -21.1. The lowest BCUT2D eigenvalue weighted by Crippen LogP contribution is -2.38. The molecule has 2 heterocycles. The summed E-state index contributed by atoms with van der Waals surface area (Å²) in [7, 11) is 0. The Balaban J connectivity index is 1.27. The van der Waals surface area contributed by atoms with E-state index in [4.69, 9.17) is 8.83 Å². The summed E-state index contributed by atoms with van der Waals surface area (Å²) in [6.07, 6.45) is -9.26. The number of para-hydroxylation sites is 4. The molecule has 4 nitrogen and oxygen atoms in total. The second-order valence-corrected chi connectivity index (χ2v) is 15.5. The van der Waals surface area contributed by atoms with Gasteiger partial charge in [-0.1, -0.05) is 72.8 Å². The largest absolute Gasteiger partial charge is 0.456 e. The molecule has 0 fully saturated rings. The second kappa shape index (κ2) is 16.0. The zero-order chi connectivity index (χ0) is 48.1. The van der Waals surface area contributed by atoms with Crippen molar-refractivity contribution in [1.29, 1.82) is 0 Å². The molecule has 1 atom stereocenters. The molecule has 18 heteroatoms. The van der Waals surface area contributed by atoms with Gasteiger partial charge in [0, 0.05) is 43.9 Å². The van der Waals surface area contributed by atoms with Crippen LogP contribution < -0.4 is 20.4 Å². The summed E-state index contributed by atoms with van der Waals surface area (Å²) in [4.78, 5) is 1.23. The summed E-state index contributed by atoms with van der Waals surface area (Å²) in [6.45, 7) is 0. The molecule has 0 aliphatic heterocycles. The fourth-order valence-electron chi connectivity index (χ4n) is 8.74. The van der Waals surface area contributed by atoms with E-state index in [1.807, 2.05) is 0 Å². The maximum atomic E-state index is 16.5. The van der Waals surface area contributed by atoms with E-state index in [0.717, 1.165) is 12.1 Å². The predicted octanol–water partition coefficient (Wildman–Crippen LogP) is 14.8. The molecule has 1 aliphatic rings. The number of rotatable bonds is 7. The van der Waals surface area contributed by atoms with Crippen molar-refractivity contribution in [2.45, 2.75) is 24.8 Å². The smallest absolute Gasteiger partial charge is 0.422 e. The number of fused-ring (bicyclic) bond motifs is 6. The molecule has 1 unspecified atom stereocenters. The van der Waals surface area contributed by atoms with Crippen LogP contribution in [0.1, 0.15) is 17.5 Å². The van der Waals surface area contributed by atoms with Crippen molar-refractivity contribution < 1.29 is 70.3 Å².